The molecule has 0 aliphatic heterocycles. The summed E-state index contributed by atoms with van der Waals surface area (Å²) in [5.74, 6) is -0.913. The number of nitrogens with one attached hydrogen (secondary N) is 1. The Morgan fingerprint density at radius 2 is 1.90 bits per heavy atom. The smallest absolute Gasteiger partial charge is 0.342 e. The van der Waals surface area contributed by atoms with Crippen LogP contribution in [0.25, 0.3) is 0 Å². The van der Waals surface area contributed by atoms with Gasteiger partial charge in [-0.05, 0) is 37.5 Å². The maximum atomic E-state index is 12.5. The third kappa shape index (κ3) is 6.08. The third-order valence-electron chi connectivity index (χ3n) is 4.70. The van der Waals surface area contributed by atoms with Crippen molar-refractivity contribution in [2.45, 2.75) is 39.8 Å². The highest BCUT2D eigenvalue weighted by molar-refractivity contribution is 5.94. The Morgan fingerprint density at radius 1 is 1.17 bits per heavy atom. The number of aryl methyl sites for hydroxylation is 1. The molecule has 0 aromatic heterocycles. The average molecular weight is 394 g/mol. The predicted molar refractivity (Wildman–Crippen MR) is 109 cm³/mol. The van der Waals surface area contributed by atoms with Gasteiger partial charge in [-0.15, -0.1) is 0 Å². The molecule has 6 heteroatoms. The molecule has 0 unspecified atom stereocenters. The molecule has 0 aliphatic rings. The van der Waals surface area contributed by atoms with E-state index in [9.17, 15) is 14.9 Å². The molecule has 1 atom stereocenters. The molecule has 152 valence electrons. The highest BCUT2D eigenvalue weighted by Crippen LogP contribution is 2.21. The number of carbonyl (C=O) groups is 2. The van der Waals surface area contributed by atoms with Crippen molar-refractivity contribution >= 4 is 11.9 Å². The molecule has 2 aromatic carbocycles. The molecule has 1 N–H and O–H groups in total. The number of benzene rings is 2. The van der Waals surface area contributed by atoms with Gasteiger partial charge in [0, 0.05) is 0 Å². The van der Waals surface area contributed by atoms with E-state index < -0.39 is 24.0 Å². The molecule has 2 aromatic rings. The lowest BCUT2D eigenvalue weighted by atomic mass is 9.90. The summed E-state index contributed by atoms with van der Waals surface area (Å²) in [4.78, 5) is 24.6. The molecule has 0 radical (unpaired) electrons. The van der Waals surface area contributed by atoms with Crippen LogP contribution < -0.4 is 10.1 Å². The molecule has 29 heavy (non-hydrogen) atoms. The summed E-state index contributed by atoms with van der Waals surface area (Å²) in [5, 5.41) is 11.9. The van der Waals surface area contributed by atoms with E-state index in [4.69, 9.17) is 9.47 Å². The topological polar surface area (TPSA) is 88.4 Å². The van der Waals surface area contributed by atoms with Crippen molar-refractivity contribution < 1.29 is 19.1 Å². The maximum absolute atomic E-state index is 12.5. The number of nitrogens with zero attached hydrogens (tertiary/aromatic N) is 1. The average Bonchev–Trinajstić information content (AvgIpc) is 2.70. The summed E-state index contributed by atoms with van der Waals surface area (Å²) in [5.41, 5.74) is 1.31. The van der Waals surface area contributed by atoms with Crippen LogP contribution in [0.1, 0.15) is 42.3 Å². The molecule has 2 rings (SSSR count). The van der Waals surface area contributed by atoms with Crippen LogP contribution in [0.2, 0.25) is 0 Å². The number of carbonyl (C=O) groups excluding carboxylic acids is 2. The number of ether oxygens (including phenoxy) is 2. The maximum Gasteiger partial charge on any atom is 0.342 e. The lowest BCUT2D eigenvalue weighted by molar-refractivity contribution is -0.125. The first-order valence-corrected chi connectivity index (χ1v) is 9.42. The normalized spacial score (nSPS) is 12.6. The standard InChI is InChI=1S/C23H26N2O4/c1-16(2)23(4,15-24)25-21(26)14-29-22(27)19-10-5-6-11-20(19)28-13-18-9-7-8-17(3)12-18/h5-12,16H,13-14H2,1-4H3,(H,25,26)/t23-/m1/s1. The second-order valence-corrected chi connectivity index (χ2v) is 7.37. The second kappa shape index (κ2) is 9.74. The highest BCUT2D eigenvalue weighted by Gasteiger charge is 2.30. The van der Waals surface area contributed by atoms with Crippen LogP contribution in [-0.2, 0) is 16.1 Å². The van der Waals surface area contributed by atoms with Gasteiger partial charge in [-0.2, -0.15) is 5.26 Å². The number of esters is 1. The Hall–Kier alpha value is -3.33. The van der Waals surface area contributed by atoms with Crippen LogP contribution in [0, 0.1) is 24.2 Å². The summed E-state index contributed by atoms with van der Waals surface area (Å²) in [6.07, 6.45) is 0. The van der Waals surface area contributed by atoms with Crippen molar-refractivity contribution in [3.05, 3.63) is 65.2 Å². The van der Waals surface area contributed by atoms with Crippen molar-refractivity contribution in [3.63, 3.8) is 0 Å². The van der Waals surface area contributed by atoms with Gasteiger partial charge in [0.25, 0.3) is 5.91 Å². The van der Waals surface area contributed by atoms with Crippen molar-refractivity contribution in [1.82, 2.24) is 5.32 Å². The van der Waals surface area contributed by atoms with Gasteiger partial charge in [-0.25, -0.2) is 4.79 Å². The summed E-state index contributed by atoms with van der Waals surface area (Å²) < 4.78 is 10.9. The first-order chi connectivity index (χ1) is 13.7. The van der Waals surface area contributed by atoms with E-state index in [0.29, 0.717) is 12.4 Å². The zero-order valence-electron chi connectivity index (χ0n) is 17.2. The van der Waals surface area contributed by atoms with Crippen LogP contribution in [0.3, 0.4) is 0 Å². The van der Waals surface area contributed by atoms with Crippen LogP contribution in [0.5, 0.6) is 5.75 Å². The molecule has 0 saturated heterocycles. The number of hydrogen-bond acceptors (Lipinski definition) is 5. The lowest BCUT2D eigenvalue weighted by Gasteiger charge is -2.27. The van der Waals surface area contributed by atoms with Gasteiger partial charge >= 0.3 is 5.97 Å². The second-order valence-electron chi connectivity index (χ2n) is 7.37. The van der Waals surface area contributed by atoms with Gasteiger partial charge in [0.1, 0.15) is 23.5 Å². The molecule has 0 fully saturated rings. The minimum Gasteiger partial charge on any atom is -0.488 e. The lowest BCUT2D eigenvalue weighted by Crippen LogP contribution is -2.50. The minimum atomic E-state index is -1.03. The number of rotatable bonds is 8. The first-order valence-electron chi connectivity index (χ1n) is 9.42. The quantitative estimate of drug-likeness (QED) is 0.688. The molecule has 1 amide bonds. The van der Waals surface area contributed by atoms with E-state index in [1.807, 2.05) is 45.0 Å². The number of hydrogen-bond donors (Lipinski definition) is 1. The van der Waals surface area contributed by atoms with Gasteiger partial charge in [-0.1, -0.05) is 55.8 Å². The third-order valence-corrected chi connectivity index (χ3v) is 4.70. The van der Waals surface area contributed by atoms with Gasteiger partial charge in [-0.3, -0.25) is 4.79 Å². The Labute approximate surface area is 171 Å². The van der Waals surface area contributed by atoms with Crippen LogP contribution in [0.15, 0.2) is 48.5 Å². The van der Waals surface area contributed by atoms with Gasteiger partial charge in [0.15, 0.2) is 6.61 Å². The Morgan fingerprint density at radius 3 is 2.55 bits per heavy atom. The summed E-state index contributed by atoms with van der Waals surface area (Å²) in [7, 11) is 0. The largest absolute Gasteiger partial charge is 0.488 e. The number of para-hydroxylation sites is 1. The van der Waals surface area contributed by atoms with Crippen LogP contribution >= 0.6 is 0 Å². The Balaban J connectivity index is 1.99. The predicted octanol–water partition coefficient (Wildman–Crippen LogP) is 3.79. The van der Waals surface area contributed by atoms with Gasteiger partial charge in [0.05, 0.1) is 6.07 Å². The van der Waals surface area contributed by atoms with Crippen LogP contribution in [0.4, 0.5) is 0 Å². The molecular formula is C23H26N2O4. The molecule has 0 spiro atoms. The van der Waals surface area contributed by atoms with Crippen molar-refractivity contribution in [2.24, 2.45) is 5.92 Å². The highest BCUT2D eigenvalue weighted by atomic mass is 16.5. The minimum absolute atomic E-state index is 0.0945. The van der Waals surface area contributed by atoms with E-state index in [1.165, 1.54) is 0 Å². The van der Waals surface area contributed by atoms with Crippen molar-refractivity contribution in [1.29, 1.82) is 5.26 Å². The zero-order chi connectivity index (χ0) is 21.4. The summed E-state index contributed by atoms with van der Waals surface area (Å²) in [6.45, 7) is 7.12. The van der Waals surface area contributed by atoms with E-state index in [1.54, 1.807) is 31.2 Å². The van der Waals surface area contributed by atoms with Gasteiger partial charge in [0.2, 0.25) is 0 Å². The van der Waals surface area contributed by atoms with Crippen molar-refractivity contribution in [2.75, 3.05) is 6.61 Å². The molecule has 0 heterocycles. The molecule has 6 nitrogen and oxygen atoms in total. The molecule has 0 aliphatic carbocycles. The molecule has 0 bridgehead atoms. The van der Waals surface area contributed by atoms with E-state index in [2.05, 4.69) is 11.4 Å². The van der Waals surface area contributed by atoms with E-state index >= 15 is 0 Å². The fourth-order valence-electron chi connectivity index (χ4n) is 2.56. The molecular weight excluding hydrogens is 368 g/mol. The van der Waals surface area contributed by atoms with Crippen LogP contribution in [-0.4, -0.2) is 24.0 Å². The number of nitriles is 1. The monoisotopic (exact) mass is 394 g/mol. The first kappa shape index (κ1) is 22.0. The summed E-state index contributed by atoms with van der Waals surface area (Å²) >= 11 is 0. The van der Waals surface area contributed by atoms with Crippen molar-refractivity contribution in [3.8, 4) is 11.8 Å². The Bertz CT molecular complexity index is 917. The molecule has 0 saturated carbocycles. The van der Waals surface area contributed by atoms with Gasteiger partial charge < -0.3 is 14.8 Å². The fraction of sp³-hybridized carbons (Fsp3) is 0.348. The fourth-order valence-corrected chi connectivity index (χ4v) is 2.56. The van der Waals surface area contributed by atoms with E-state index in [0.717, 1.165) is 11.1 Å². The SMILES string of the molecule is Cc1cccc(COc2ccccc2C(=O)OCC(=O)N[C@](C)(C#N)C(C)C)c1. The number of amides is 1. The van der Waals surface area contributed by atoms with E-state index in [-0.39, 0.29) is 11.5 Å². The summed E-state index contributed by atoms with van der Waals surface area (Å²) in [6, 6.07) is 16.7. The zero-order valence-corrected chi connectivity index (χ0v) is 17.2. The Kier molecular flexibility index (Phi) is 7.38.